The second-order valence-electron chi connectivity index (χ2n) is 6.13. The van der Waals surface area contributed by atoms with Crippen LogP contribution < -0.4 is 0 Å². The monoisotopic (exact) mass is 334 g/mol. The van der Waals surface area contributed by atoms with E-state index in [1.807, 2.05) is 30.3 Å². The first-order valence-electron chi connectivity index (χ1n) is 8.45. The molecule has 1 fully saturated rings. The van der Waals surface area contributed by atoms with Gasteiger partial charge in [-0.2, -0.15) is 0 Å². The molecule has 1 aliphatic rings. The highest BCUT2D eigenvalue weighted by atomic mass is 16.5. The third kappa shape index (κ3) is 5.65. The molecule has 24 heavy (non-hydrogen) atoms. The molecule has 0 spiro atoms. The molecule has 0 aliphatic heterocycles. The summed E-state index contributed by atoms with van der Waals surface area (Å²) >= 11 is 0. The first-order chi connectivity index (χ1) is 11.6. The molecule has 0 aromatic heterocycles. The van der Waals surface area contributed by atoms with Gasteiger partial charge in [0.25, 0.3) is 0 Å². The molecular weight excluding hydrogens is 308 g/mol. The van der Waals surface area contributed by atoms with Gasteiger partial charge in [0, 0.05) is 12.3 Å². The zero-order valence-corrected chi connectivity index (χ0v) is 14.1. The maximum absolute atomic E-state index is 11.7. The fraction of sp³-hybridized carbons (Fsp3) is 0.526. The third-order valence-electron chi connectivity index (χ3n) is 4.30. The zero-order chi connectivity index (χ0) is 17.4. The number of carbonyl (C=O) groups is 1. The minimum atomic E-state index is -0.541. The molecule has 0 bridgehead atoms. The molecule has 1 saturated carbocycles. The van der Waals surface area contributed by atoms with E-state index in [1.54, 1.807) is 13.0 Å². The van der Waals surface area contributed by atoms with Crippen LogP contribution in [-0.4, -0.2) is 35.5 Å². The van der Waals surface area contributed by atoms with E-state index in [0.717, 1.165) is 12.0 Å². The van der Waals surface area contributed by atoms with Gasteiger partial charge < -0.3 is 19.7 Å². The molecule has 0 heterocycles. The van der Waals surface area contributed by atoms with E-state index < -0.39 is 6.10 Å². The smallest absolute Gasteiger partial charge is 0.306 e. The van der Waals surface area contributed by atoms with Gasteiger partial charge >= 0.3 is 5.97 Å². The van der Waals surface area contributed by atoms with Gasteiger partial charge in [-0.15, -0.1) is 0 Å². The molecule has 132 valence electrons. The standard InChI is InChI=1S/C19H26O5/c1-2-24-19(22)10-15-8-9-18(21)17(15)11-16(20)13-23-12-14-6-4-3-5-7-14/h3-7,11,15,17-18,20-21H,2,8-10,12-13H2,1H3/t15-,17?,18?/m1/s1. The van der Waals surface area contributed by atoms with Gasteiger partial charge in [0.05, 0.1) is 19.3 Å². The normalized spacial score (nSPS) is 24.1. The van der Waals surface area contributed by atoms with Crippen LogP contribution in [0, 0.1) is 11.8 Å². The number of benzene rings is 1. The molecule has 2 N–H and O–H groups in total. The molecular formula is C19H26O5. The van der Waals surface area contributed by atoms with Crippen molar-refractivity contribution in [2.75, 3.05) is 13.2 Å². The van der Waals surface area contributed by atoms with Gasteiger partial charge in [-0.1, -0.05) is 30.3 Å². The fourth-order valence-electron chi connectivity index (χ4n) is 3.12. The highest BCUT2D eigenvalue weighted by Crippen LogP contribution is 2.36. The van der Waals surface area contributed by atoms with Crippen molar-refractivity contribution >= 4 is 5.97 Å². The van der Waals surface area contributed by atoms with Gasteiger partial charge in [0.2, 0.25) is 0 Å². The van der Waals surface area contributed by atoms with Crippen LogP contribution in [0.15, 0.2) is 42.2 Å². The minimum Gasteiger partial charge on any atom is -0.510 e. The molecule has 5 nitrogen and oxygen atoms in total. The van der Waals surface area contributed by atoms with Crippen LogP contribution in [0.2, 0.25) is 0 Å². The Bertz CT molecular complexity index is 540. The second-order valence-corrected chi connectivity index (χ2v) is 6.13. The Morgan fingerprint density at radius 1 is 1.29 bits per heavy atom. The summed E-state index contributed by atoms with van der Waals surface area (Å²) in [5.41, 5.74) is 1.03. The van der Waals surface area contributed by atoms with E-state index >= 15 is 0 Å². The Hall–Kier alpha value is -1.85. The summed E-state index contributed by atoms with van der Waals surface area (Å²) in [5.74, 6) is -0.411. The van der Waals surface area contributed by atoms with Crippen molar-refractivity contribution in [2.45, 2.75) is 38.9 Å². The molecule has 5 heteroatoms. The SMILES string of the molecule is CCOC(=O)C[C@H]1CCC(O)C1C=C(O)COCc1ccccc1. The summed E-state index contributed by atoms with van der Waals surface area (Å²) in [5, 5.41) is 20.2. The van der Waals surface area contributed by atoms with Crippen LogP contribution in [0.3, 0.4) is 0 Å². The number of carbonyl (C=O) groups excluding carboxylic acids is 1. The van der Waals surface area contributed by atoms with Crippen molar-refractivity contribution in [2.24, 2.45) is 11.8 Å². The number of aliphatic hydroxyl groups is 2. The number of rotatable bonds is 8. The third-order valence-corrected chi connectivity index (χ3v) is 4.30. The predicted octanol–water partition coefficient (Wildman–Crippen LogP) is 2.99. The van der Waals surface area contributed by atoms with Crippen LogP contribution in [-0.2, 0) is 20.9 Å². The first-order valence-corrected chi connectivity index (χ1v) is 8.45. The van der Waals surface area contributed by atoms with E-state index in [9.17, 15) is 15.0 Å². The predicted molar refractivity (Wildman–Crippen MR) is 90.3 cm³/mol. The largest absolute Gasteiger partial charge is 0.510 e. The zero-order valence-electron chi connectivity index (χ0n) is 14.1. The number of ether oxygens (including phenoxy) is 2. The Balaban J connectivity index is 1.85. The molecule has 2 rings (SSSR count). The summed E-state index contributed by atoms with van der Waals surface area (Å²) in [6, 6.07) is 9.71. The summed E-state index contributed by atoms with van der Waals surface area (Å²) in [7, 11) is 0. The van der Waals surface area contributed by atoms with Crippen LogP contribution in [0.4, 0.5) is 0 Å². The van der Waals surface area contributed by atoms with Gasteiger partial charge in [0.15, 0.2) is 0 Å². The lowest BCUT2D eigenvalue weighted by molar-refractivity contribution is -0.144. The van der Waals surface area contributed by atoms with E-state index in [2.05, 4.69) is 0 Å². The molecule has 3 atom stereocenters. The van der Waals surface area contributed by atoms with Gasteiger partial charge in [0.1, 0.15) is 12.4 Å². The Labute approximate surface area is 142 Å². The highest BCUT2D eigenvalue weighted by molar-refractivity contribution is 5.69. The van der Waals surface area contributed by atoms with Crippen LogP contribution in [0.25, 0.3) is 0 Å². The van der Waals surface area contributed by atoms with E-state index in [-0.39, 0.29) is 36.6 Å². The molecule has 1 aliphatic carbocycles. The summed E-state index contributed by atoms with van der Waals surface area (Å²) in [6.07, 6.45) is 2.74. The summed E-state index contributed by atoms with van der Waals surface area (Å²) < 4.78 is 10.5. The second kappa shape index (κ2) is 9.45. The van der Waals surface area contributed by atoms with Gasteiger partial charge in [-0.3, -0.25) is 4.79 Å². The molecule has 0 radical (unpaired) electrons. The first kappa shape index (κ1) is 18.5. The topological polar surface area (TPSA) is 76.0 Å². The van der Waals surface area contributed by atoms with E-state index in [0.29, 0.717) is 19.6 Å². The molecule has 2 unspecified atom stereocenters. The van der Waals surface area contributed by atoms with Crippen molar-refractivity contribution in [3.8, 4) is 0 Å². The lowest BCUT2D eigenvalue weighted by atomic mass is 9.91. The average Bonchev–Trinajstić information content (AvgIpc) is 2.89. The molecule has 0 amide bonds. The van der Waals surface area contributed by atoms with Crippen molar-refractivity contribution < 1.29 is 24.5 Å². The maximum atomic E-state index is 11.7. The maximum Gasteiger partial charge on any atom is 0.306 e. The van der Waals surface area contributed by atoms with E-state index in [4.69, 9.17) is 9.47 Å². The van der Waals surface area contributed by atoms with Crippen molar-refractivity contribution in [1.29, 1.82) is 0 Å². The van der Waals surface area contributed by atoms with Crippen molar-refractivity contribution in [1.82, 2.24) is 0 Å². The quantitative estimate of drug-likeness (QED) is 0.564. The average molecular weight is 334 g/mol. The van der Waals surface area contributed by atoms with E-state index in [1.165, 1.54) is 0 Å². The van der Waals surface area contributed by atoms with Gasteiger partial charge in [-0.25, -0.2) is 0 Å². The van der Waals surface area contributed by atoms with Crippen LogP contribution in [0.1, 0.15) is 31.7 Å². The number of aliphatic hydroxyl groups excluding tert-OH is 2. The highest BCUT2D eigenvalue weighted by Gasteiger charge is 2.35. The molecule has 1 aromatic carbocycles. The lowest BCUT2D eigenvalue weighted by Gasteiger charge is -2.18. The summed E-state index contributed by atoms with van der Waals surface area (Å²) in [6.45, 7) is 2.63. The fourth-order valence-corrected chi connectivity index (χ4v) is 3.12. The van der Waals surface area contributed by atoms with Crippen molar-refractivity contribution in [3.05, 3.63) is 47.7 Å². The molecule has 0 saturated heterocycles. The minimum absolute atomic E-state index is 0.00433. The number of hydrogen-bond donors (Lipinski definition) is 2. The summed E-state index contributed by atoms with van der Waals surface area (Å²) in [4.78, 5) is 11.7. The molecule has 1 aromatic rings. The van der Waals surface area contributed by atoms with Gasteiger partial charge in [-0.05, 0) is 37.3 Å². The number of hydrogen-bond acceptors (Lipinski definition) is 5. The van der Waals surface area contributed by atoms with Crippen LogP contribution in [0.5, 0.6) is 0 Å². The lowest BCUT2D eigenvalue weighted by Crippen LogP contribution is -2.21. The van der Waals surface area contributed by atoms with Crippen molar-refractivity contribution in [3.63, 3.8) is 0 Å². The van der Waals surface area contributed by atoms with Crippen LogP contribution >= 0.6 is 0 Å². The Morgan fingerprint density at radius 3 is 2.75 bits per heavy atom. The number of esters is 1. The Kier molecular flexibility index (Phi) is 7.28. The Morgan fingerprint density at radius 2 is 2.04 bits per heavy atom.